The van der Waals surface area contributed by atoms with Crippen molar-refractivity contribution in [3.63, 3.8) is 0 Å². The molecule has 1 N–H and O–H groups in total. The maximum Gasteiger partial charge on any atom is 0.335 e. The van der Waals surface area contributed by atoms with E-state index in [2.05, 4.69) is 9.97 Å². The van der Waals surface area contributed by atoms with E-state index in [4.69, 9.17) is 9.52 Å². The molecule has 5 nitrogen and oxygen atoms in total. The number of pyridine rings is 1. The Labute approximate surface area is 108 Å². The number of rotatable bonds is 2. The van der Waals surface area contributed by atoms with Crippen LogP contribution in [0.5, 0.6) is 0 Å². The molecule has 0 aliphatic heterocycles. The third-order valence-electron chi connectivity index (χ3n) is 2.89. The molecular formula is C14H10N2O3. The van der Waals surface area contributed by atoms with E-state index in [9.17, 15) is 4.79 Å². The molecule has 0 unspecified atom stereocenters. The quantitative estimate of drug-likeness (QED) is 0.760. The number of hydrogen-bond donors (Lipinski definition) is 1. The summed E-state index contributed by atoms with van der Waals surface area (Å²) in [5.41, 5.74) is 3.08. The van der Waals surface area contributed by atoms with Crippen molar-refractivity contribution in [1.29, 1.82) is 0 Å². The maximum absolute atomic E-state index is 10.9. The van der Waals surface area contributed by atoms with Crippen molar-refractivity contribution in [1.82, 2.24) is 9.97 Å². The Morgan fingerprint density at radius 2 is 2.16 bits per heavy atom. The van der Waals surface area contributed by atoms with Crippen LogP contribution in [0.4, 0.5) is 0 Å². The zero-order chi connectivity index (χ0) is 13.4. The standard InChI is InChI=1S/C14H10N2O3/c1-8-7-15-5-4-10(8)13-16-11-3-2-9(14(17)18)6-12(11)19-13/h2-7H,1H3,(H,17,18). The predicted octanol–water partition coefficient (Wildman–Crippen LogP) is 2.90. The highest BCUT2D eigenvalue weighted by molar-refractivity contribution is 5.92. The molecule has 2 heterocycles. The second kappa shape index (κ2) is 4.20. The van der Waals surface area contributed by atoms with E-state index in [0.29, 0.717) is 17.0 Å². The average molecular weight is 254 g/mol. The van der Waals surface area contributed by atoms with Gasteiger partial charge in [0.1, 0.15) is 5.52 Å². The highest BCUT2D eigenvalue weighted by atomic mass is 16.4. The number of aromatic carboxylic acids is 1. The number of hydrogen-bond acceptors (Lipinski definition) is 4. The minimum absolute atomic E-state index is 0.182. The van der Waals surface area contributed by atoms with Crippen LogP contribution in [0.2, 0.25) is 0 Å². The number of carboxylic acid groups (broad SMARTS) is 1. The Kier molecular flexibility index (Phi) is 2.52. The van der Waals surface area contributed by atoms with Crippen LogP contribution in [0.3, 0.4) is 0 Å². The molecule has 0 fully saturated rings. The molecule has 1 aromatic carbocycles. The van der Waals surface area contributed by atoms with E-state index >= 15 is 0 Å². The van der Waals surface area contributed by atoms with Gasteiger partial charge in [0.2, 0.25) is 5.89 Å². The van der Waals surface area contributed by atoms with Crippen molar-refractivity contribution in [3.8, 4) is 11.5 Å². The topological polar surface area (TPSA) is 76.2 Å². The normalized spacial score (nSPS) is 10.8. The predicted molar refractivity (Wildman–Crippen MR) is 68.9 cm³/mol. The van der Waals surface area contributed by atoms with Crippen LogP contribution in [0, 0.1) is 6.92 Å². The summed E-state index contributed by atoms with van der Waals surface area (Å²) in [4.78, 5) is 19.3. The molecule has 94 valence electrons. The smallest absolute Gasteiger partial charge is 0.335 e. The molecule has 2 aromatic heterocycles. The summed E-state index contributed by atoms with van der Waals surface area (Å²) in [6, 6.07) is 6.45. The van der Waals surface area contributed by atoms with Gasteiger partial charge >= 0.3 is 5.97 Å². The Morgan fingerprint density at radius 3 is 2.89 bits per heavy atom. The number of fused-ring (bicyclic) bond motifs is 1. The number of carbonyl (C=O) groups is 1. The number of carboxylic acids is 1. The fourth-order valence-corrected chi connectivity index (χ4v) is 1.89. The van der Waals surface area contributed by atoms with Crippen LogP contribution >= 0.6 is 0 Å². The SMILES string of the molecule is Cc1cnccc1-c1nc2ccc(C(=O)O)cc2o1. The first-order chi connectivity index (χ1) is 9.15. The van der Waals surface area contributed by atoms with Crippen LogP contribution in [0.1, 0.15) is 15.9 Å². The van der Waals surface area contributed by atoms with Crippen molar-refractivity contribution in [3.05, 3.63) is 47.8 Å². The fourth-order valence-electron chi connectivity index (χ4n) is 1.89. The van der Waals surface area contributed by atoms with E-state index in [1.807, 2.05) is 13.0 Å². The van der Waals surface area contributed by atoms with Gasteiger partial charge in [-0.3, -0.25) is 4.98 Å². The minimum atomic E-state index is -0.986. The van der Waals surface area contributed by atoms with Crippen molar-refractivity contribution in [2.45, 2.75) is 6.92 Å². The summed E-state index contributed by atoms with van der Waals surface area (Å²) in [5, 5.41) is 8.94. The van der Waals surface area contributed by atoms with Gasteiger partial charge in [0.15, 0.2) is 5.58 Å². The number of aryl methyl sites for hydroxylation is 1. The average Bonchev–Trinajstić information content (AvgIpc) is 2.81. The van der Waals surface area contributed by atoms with E-state index in [0.717, 1.165) is 11.1 Å². The van der Waals surface area contributed by atoms with Crippen molar-refractivity contribution >= 4 is 17.1 Å². The minimum Gasteiger partial charge on any atom is -0.478 e. The Bertz CT molecular complexity index is 777. The number of nitrogens with zero attached hydrogens (tertiary/aromatic N) is 2. The van der Waals surface area contributed by atoms with Gasteiger partial charge in [-0.1, -0.05) is 0 Å². The van der Waals surface area contributed by atoms with Crippen LogP contribution in [0.25, 0.3) is 22.6 Å². The molecule has 0 aliphatic rings. The van der Waals surface area contributed by atoms with E-state index in [1.54, 1.807) is 18.5 Å². The lowest BCUT2D eigenvalue weighted by atomic mass is 10.1. The van der Waals surface area contributed by atoms with Gasteiger partial charge < -0.3 is 9.52 Å². The van der Waals surface area contributed by atoms with Crippen molar-refractivity contribution in [2.75, 3.05) is 0 Å². The van der Waals surface area contributed by atoms with E-state index in [1.165, 1.54) is 12.1 Å². The second-order valence-electron chi connectivity index (χ2n) is 4.20. The molecule has 0 aliphatic carbocycles. The van der Waals surface area contributed by atoms with Crippen molar-refractivity contribution < 1.29 is 14.3 Å². The molecule has 0 spiro atoms. The van der Waals surface area contributed by atoms with Crippen LogP contribution in [0.15, 0.2) is 41.1 Å². The summed E-state index contributed by atoms with van der Waals surface area (Å²) < 4.78 is 5.62. The number of oxazole rings is 1. The fraction of sp³-hybridized carbons (Fsp3) is 0.0714. The first-order valence-corrected chi connectivity index (χ1v) is 5.70. The largest absolute Gasteiger partial charge is 0.478 e. The molecule has 0 amide bonds. The number of aromatic nitrogens is 2. The Morgan fingerprint density at radius 1 is 1.32 bits per heavy atom. The molecule has 3 aromatic rings. The summed E-state index contributed by atoms with van der Waals surface area (Å²) in [6.07, 6.45) is 3.40. The summed E-state index contributed by atoms with van der Waals surface area (Å²) >= 11 is 0. The molecule has 19 heavy (non-hydrogen) atoms. The molecule has 5 heteroatoms. The van der Waals surface area contributed by atoms with E-state index < -0.39 is 5.97 Å². The highest BCUT2D eigenvalue weighted by Crippen LogP contribution is 2.26. The molecule has 0 atom stereocenters. The third-order valence-corrected chi connectivity index (χ3v) is 2.89. The lowest BCUT2D eigenvalue weighted by Gasteiger charge is -1.98. The van der Waals surface area contributed by atoms with Gasteiger partial charge in [-0.05, 0) is 36.8 Å². The lowest BCUT2D eigenvalue weighted by Crippen LogP contribution is -1.94. The van der Waals surface area contributed by atoms with Gasteiger partial charge in [-0.15, -0.1) is 0 Å². The molecule has 0 saturated carbocycles. The van der Waals surface area contributed by atoms with Crippen LogP contribution in [-0.4, -0.2) is 21.0 Å². The van der Waals surface area contributed by atoms with Gasteiger partial charge in [0.25, 0.3) is 0 Å². The Hall–Kier alpha value is -2.69. The maximum atomic E-state index is 10.9. The summed E-state index contributed by atoms with van der Waals surface area (Å²) in [7, 11) is 0. The monoisotopic (exact) mass is 254 g/mol. The van der Waals surface area contributed by atoms with Crippen molar-refractivity contribution in [2.24, 2.45) is 0 Å². The first-order valence-electron chi connectivity index (χ1n) is 5.70. The van der Waals surface area contributed by atoms with Gasteiger partial charge in [-0.2, -0.15) is 0 Å². The van der Waals surface area contributed by atoms with Crippen LogP contribution in [-0.2, 0) is 0 Å². The molecule has 0 bridgehead atoms. The molecule has 0 saturated heterocycles. The van der Waals surface area contributed by atoms with Gasteiger partial charge in [0.05, 0.1) is 5.56 Å². The van der Waals surface area contributed by atoms with E-state index in [-0.39, 0.29) is 5.56 Å². The molecule has 3 rings (SSSR count). The summed E-state index contributed by atoms with van der Waals surface area (Å²) in [6.45, 7) is 1.92. The lowest BCUT2D eigenvalue weighted by molar-refractivity contribution is 0.0697. The zero-order valence-corrected chi connectivity index (χ0v) is 10.1. The zero-order valence-electron chi connectivity index (χ0n) is 10.1. The second-order valence-corrected chi connectivity index (χ2v) is 4.20. The van der Waals surface area contributed by atoms with Gasteiger partial charge in [-0.25, -0.2) is 9.78 Å². The molecular weight excluding hydrogens is 244 g/mol. The third kappa shape index (κ3) is 1.95. The Balaban J connectivity index is 2.17. The summed E-state index contributed by atoms with van der Waals surface area (Å²) in [5.74, 6) is -0.516. The van der Waals surface area contributed by atoms with Gasteiger partial charge in [0, 0.05) is 18.0 Å². The molecule has 0 radical (unpaired) electrons. The highest BCUT2D eigenvalue weighted by Gasteiger charge is 2.12. The van der Waals surface area contributed by atoms with Crippen LogP contribution < -0.4 is 0 Å². The first kappa shape index (κ1) is 11.4. The number of benzene rings is 1.